The maximum Gasteiger partial charge on any atom is 0.325 e. The van der Waals surface area contributed by atoms with Crippen LogP contribution in [0.4, 0.5) is 0 Å². The van der Waals surface area contributed by atoms with Crippen molar-refractivity contribution in [3.05, 3.63) is 0 Å². The van der Waals surface area contributed by atoms with Crippen molar-refractivity contribution in [3.63, 3.8) is 0 Å². The number of likely N-dealkylation sites (N-methyl/N-ethyl adjacent to an activating group) is 1. The molecule has 86 valence electrons. The topological polar surface area (TPSA) is 58.6 Å². The predicted octanol–water partition coefficient (Wildman–Crippen LogP) is -0.240. The van der Waals surface area contributed by atoms with Gasteiger partial charge >= 0.3 is 5.97 Å². The van der Waals surface area contributed by atoms with Crippen LogP contribution in [-0.2, 0) is 14.3 Å². The first-order valence-electron chi connectivity index (χ1n) is 5.22. The molecule has 1 unspecified atom stereocenters. The van der Waals surface area contributed by atoms with E-state index in [1.54, 1.807) is 11.9 Å². The first kappa shape index (κ1) is 12.0. The number of hydrogen-bond acceptors (Lipinski definition) is 4. The molecule has 0 aromatic carbocycles. The predicted molar refractivity (Wildman–Crippen MR) is 55.3 cm³/mol. The lowest BCUT2D eigenvalue weighted by Gasteiger charge is -2.22. The summed E-state index contributed by atoms with van der Waals surface area (Å²) in [4.78, 5) is 24.5. The quantitative estimate of drug-likeness (QED) is 0.659. The molecule has 1 aliphatic heterocycles. The van der Waals surface area contributed by atoms with Crippen molar-refractivity contribution in [2.24, 2.45) is 0 Å². The van der Waals surface area contributed by atoms with Gasteiger partial charge in [0, 0.05) is 6.54 Å². The molecule has 1 aliphatic rings. The van der Waals surface area contributed by atoms with Crippen molar-refractivity contribution in [3.8, 4) is 0 Å². The summed E-state index contributed by atoms with van der Waals surface area (Å²) in [6.45, 7) is 0.708. The Balaban J connectivity index is 2.60. The van der Waals surface area contributed by atoms with E-state index in [1.807, 2.05) is 0 Å². The maximum absolute atomic E-state index is 11.9. The molecule has 0 aliphatic carbocycles. The van der Waals surface area contributed by atoms with Crippen LogP contribution in [-0.4, -0.2) is 50.1 Å². The van der Waals surface area contributed by atoms with E-state index >= 15 is 0 Å². The minimum absolute atomic E-state index is 0.000370. The van der Waals surface area contributed by atoms with E-state index in [4.69, 9.17) is 0 Å². The molecule has 1 N–H and O–H groups in total. The molecule has 0 aromatic heterocycles. The zero-order valence-corrected chi connectivity index (χ0v) is 9.28. The number of carbonyl (C=O) groups excluding carboxylic acids is 2. The molecule has 1 heterocycles. The van der Waals surface area contributed by atoms with Gasteiger partial charge in [-0.15, -0.1) is 0 Å². The van der Waals surface area contributed by atoms with Gasteiger partial charge in [0.25, 0.3) is 0 Å². The van der Waals surface area contributed by atoms with Gasteiger partial charge in [0.1, 0.15) is 6.54 Å². The highest BCUT2D eigenvalue weighted by Gasteiger charge is 2.26. The molecule has 1 fully saturated rings. The Bertz CT molecular complexity index is 243. The molecule has 5 heteroatoms. The first-order chi connectivity index (χ1) is 7.19. The minimum atomic E-state index is -0.361. The number of likely N-dealkylation sites (tertiary alicyclic amines) is 1. The van der Waals surface area contributed by atoms with Crippen LogP contribution in [0.2, 0.25) is 0 Å². The second-order valence-corrected chi connectivity index (χ2v) is 3.67. The van der Waals surface area contributed by atoms with Gasteiger partial charge in [0.05, 0.1) is 13.2 Å². The Labute approximate surface area is 89.8 Å². The van der Waals surface area contributed by atoms with Crippen molar-refractivity contribution >= 4 is 11.9 Å². The lowest BCUT2D eigenvalue weighted by atomic mass is 10.1. The number of ether oxygens (including phenoxy) is 1. The van der Waals surface area contributed by atoms with Crippen LogP contribution in [0.3, 0.4) is 0 Å². The SMILES string of the molecule is CNC1CCCCN(CC(=O)OC)C1=O. The van der Waals surface area contributed by atoms with E-state index < -0.39 is 0 Å². The highest BCUT2D eigenvalue weighted by molar-refractivity contribution is 5.85. The second kappa shape index (κ2) is 5.70. The van der Waals surface area contributed by atoms with Crippen LogP contribution in [0.1, 0.15) is 19.3 Å². The zero-order chi connectivity index (χ0) is 11.3. The Morgan fingerprint density at radius 2 is 2.33 bits per heavy atom. The van der Waals surface area contributed by atoms with E-state index in [0.29, 0.717) is 6.54 Å². The number of nitrogens with one attached hydrogen (secondary N) is 1. The van der Waals surface area contributed by atoms with Crippen molar-refractivity contribution in [1.82, 2.24) is 10.2 Å². The third-order valence-electron chi connectivity index (χ3n) is 2.68. The molecule has 0 saturated carbocycles. The van der Waals surface area contributed by atoms with Gasteiger partial charge in [-0.25, -0.2) is 0 Å². The number of carbonyl (C=O) groups is 2. The summed E-state index contributed by atoms with van der Waals surface area (Å²) in [5, 5.41) is 2.97. The summed E-state index contributed by atoms with van der Waals surface area (Å²) >= 11 is 0. The fourth-order valence-electron chi connectivity index (χ4n) is 1.75. The first-order valence-corrected chi connectivity index (χ1v) is 5.22. The Morgan fingerprint density at radius 3 is 2.93 bits per heavy atom. The maximum atomic E-state index is 11.9. The van der Waals surface area contributed by atoms with Gasteiger partial charge in [0.15, 0.2) is 0 Å². The van der Waals surface area contributed by atoms with Crippen LogP contribution < -0.4 is 5.32 Å². The number of hydrogen-bond donors (Lipinski definition) is 1. The third-order valence-corrected chi connectivity index (χ3v) is 2.68. The molecule has 0 radical (unpaired) electrons. The minimum Gasteiger partial charge on any atom is -0.468 e. The van der Waals surface area contributed by atoms with Crippen molar-refractivity contribution < 1.29 is 14.3 Å². The standard InChI is InChI=1S/C10H18N2O3/c1-11-8-5-3-4-6-12(10(8)14)7-9(13)15-2/h8,11H,3-7H2,1-2H3. The van der Waals surface area contributed by atoms with E-state index in [1.165, 1.54) is 7.11 Å². The number of rotatable bonds is 3. The molecule has 5 nitrogen and oxygen atoms in total. The summed E-state index contributed by atoms with van der Waals surface area (Å²) in [5.41, 5.74) is 0. The number of esters is 1. The van der Waals surface area contributed by atoms with Crippen LogP contribution in [0.15, 0.2) is 0 Å². The van der Waals surface area contributed by atoms with Crippen molar-refractivity contribution in [2.45, 2.75) is 25.3 Å². The van der Waals surface area contributed by atoms with Gasteiger partial charge in [-0.2, -0.15) is 0 Å². The normalized spacial score (nSPS) is 22.4. The van der Waals surface area contributed by atoms with Gasteiger partial charge in [-0.1, -0.05) is 0 Å². The van der Waals surface area contributed by atoms with Crippen molar-refractivity contribution in [2.75, 3.05) is 27.2 Å². The summed E-state index contributed by atoms with van der Waals surface area (Å²) in [6.07, 6.45) is 2.79. The Morgan fingerprint density at radius 1 is 1.60 bits per heavy atom. The molecule has 15 heavy (non-hydrogen) atoms. The molecule has 0 bridgehead atoms. The number of amides is 1. The highest BCUT2D eigenvalue weighted by Crippen LogP contribution is 2.11. The Kier molecular flexibility index (Phi) is 4.55. The van der Waals surface area contributed by atoms with Gasteiger partial charge in [0.2, 0.25) is 5.91 Å². The fraction of sp³-hybridized carbons (Fsp3) is 0.800. The van der Waals surface area contributed by atoms with Crippen LogP contribution >= 0.6 is 0 Å². The average molecular weight is 214 g/mol. The zero-order valence-electron chi connectivity index (χ0n) is 9.28. The lowest BCUT2D eigenvalue weighted by Crippen LogP contribution is -2.46. The Hall–Kier alpha value is -1.10. The van der Waals surface area contributed by atoms with E-state index in [9.17, 15) is 9.59 Å². The van der Waals surface area contributed by atoms with E-state index in [2.05, 4.69) is 10.1 Å². The third kappa shape index (κ3) is 3.20. The van der Waals surface area contributed by atoms with Crippen LogP contribution in [0.25, 0.3) is 0 Å². The summed E-state index contributed by atoms with van der Waals surface area (Å²) in [6, 6.07) is -0.155. The molecular weight excluding hydrogens is 196 g/mol. The van der Waals surface area contributed by atoms with Crippen LogP contribution in [0.5, 0.6) is 0 Å². The molecular formula is C10H18N2O3. The van der Waals surface area contributed by atoms with Gasteiger partial charge in [-0.3, -0.25) is 9.59 Å². The summed E-state index contributed by atoms with van der Waals surface area (Å²) in [5.74, 6) is -0.361. The van der Waals surface area contributed by atoms with Gasteiger partial charge < -0.3 is 15.0 Å². The highest BCUT2D eigenvalue weighted by atomic mass is 16.5. The molecule has 1 rings (SSSR count). The van der Waals surface area contributed by atoms with E-state index in [-0.39, 0.29) is 24.5 Å². The largest absolute Gasteiger partial charge is 0.468 e. The molecule has 0 aromatic rings. The molecule has 1 saturated heterocycles. The monoisotopic (exact) mass is 214 g/mol. The molecule has 0 spiro atoms. The lowest BCUT2D eigenvalue weighted by molar-refractivity contribution is -0.147. The summed E-state index contributed by atoms with van der Waals surface area (Å²) < 4.78 is 4.56. The smallest absolute Gasteiger partial charge is 0.325 e. The van der Waals surface area contributed by atoms with Gasteiger partial charge in [-0.05, 0) is 26.3 Å². The second-order valence-electron chi connectivity index (χ2n) is 3.67. The number of nitrogens with zero attached hydrogens (tertiary/aromatic N) is 1. The molecule has 1 amide bonds. The average Bonchev–Trinajstić information content (AvgIpc) is 2.42. The number of methoxy groups -OCH3 is 1. The van der Waals surface area contributed by atoms with Crippen molar-refractivity contribution in [1.29, 1.82) is 0 Å². The summed E-state index contributed by atoms with van der Waals surface area (Å²) in [7, 11) is 3.10. The molecule has 1 atom stereocenters. The van der Waals surface area contributed by atoms with E-state index in [0.717, 1.165) is 19.3 Å². The van der Waals surface area contributed by atoms with Crippen LogP contribution in [0, 0.1) is 0 Å². The fourth-order valence-corrected chi connectivity index (χ4v) is 1.75.